The number of fused-ring (bicyclic) bond motifs is 1. The predicted molar refractivity (Wildman–Crippen MR) is 73.6 cm³/mol. The summed E-state index contributed by atoms with van der Waals surface area (Å²) in [5.41, 5.74) is 0.132. The third-order valence-corrected chi connectivity index (χ3v) is 4.25. The van der Waals surface area contributed by atoms with E-state index in [9.17, 15) is 19.5 Å². The van der Waals surface area contributed by atoms with Crippen molar-refractivity contribution in [2.75, 3.05) is 4.90 Å². The largest absolute Gasteiger partial charge is 0.545 e. The Morgan fingerprint density at radius 1 is 1.14 bits per heavy atom. The van der Waals surface area contributed by atoms with Crippen molar-refractivity contribution in [3.63, 3.8) is 0 Å². The summed E-state index contributed by atoms with van der Waals surface area (Å²) in [6, 6.07) is 3.96. The molecule has 1 saturated heterocycles. The van der Waals surface area contributed by atoms with Gasteiger partial charge in [-0.05, 0) is 31.0 Å². The molecule has 1 heterocycles. The van der Waals surface area contributed by atoms with Crippen LogP contribution >= 0.6 is 11.6 Å². The lowest BCUT2D eigenvalue weighted by atomic mass is 9.85. The zero-order valence-corrected chi connectivity index (χ0v) is 11.7. The Labute approximate surface area is 125 Å². The molecule has 0 saturated carbocycles. The lowest BCUT2D eigenvalue weighted by Gasteiger charge is -2.16. The van der Waals surface area contributed by atoms with E-state index in [1.165, 1.54) is 18.2 Å². The summed E-state index contributed by atoms with van der Waals surface area (Å²) in [5.74, 6) is -2.58. The van der Waals surface area contributed by atoms with E-state index in [1.54, 1.807) is 0 Å². The first kappa shape index (κ1) is 13.8. The number of amides is 2. The first-order chi connectivity index (χ1) is 10.0. The van der Waals surface area contributed by atoms with E-state index in [1.807, 2.05) is 12.2 Å². The number of carbonyl (C=O) groups is 3. The van der Waals surface area contributed by atoms with E-state index in [4.69, 9.17) is 11.6 Å². The Morgan fingerprint density at radius 3 is 2.19 bits per heavy atom. The number of carbonyl (C=O) groups excluding carboxylic acids is 3. The van der Waals surface area contributed by atoms with Gasteiger partial charge in [0.15, 0.2) is 0 Å². The van der Waals surface area contributed by atoms with Crippen LogP contribution in [0.15, 0.2) is 30.4 Å². The van der Waals surface area contributed by atoms with E-state index in [0.29, 0.717) is 18.5 Å². The fourth-order valence-corrected chi connectivity index (χ4v) is 3.12. The van der Waals surface area contributed by atoms with Crippen LogP contribution in [0.4, 0.5) is 5.69 Å². The van der Waals surface area contributed by atoms with Gasteiger partial charge in [-0.25, -0.2) is 4.90 Å². The molecule has 5 nitrogen and oxygen atoms in total. The Morgan fingerprint density at radius 2 is 1.71 bits per heavy atom. The summed E-state index contributed by atoms with van der Waals surface area (Å²) in [5, 5.41) is 10.8. The van der Waals surface area contributed by atoms with E-state index in [-0.39, 0.29) is 34.2 Å². The van der Waals surface area contributed by atoms with Crippen molar-refractivity contribution in [1.29, 1.82) is 0 Å². The molecule has 1 aliphatic carbocycles. The average molecular weight is 305 g/mol. The molecule has 2 atom stereocenters. The summed E-state index contributed by atoms with van der Waals surface area (Å²) in [7, 11) is 0. The van der Waals surface area contributed by atoms with Crippen molar-refractivity contribution in [3.8, 4) is 0 Å². The number of rotatable bonds is 2. The minimum atomic E-state index is -1.40. The second-order valence-corrected chi connectivity index (χ2v) is 5.53. The summed E-state index contributed by atoms with van der Waals surface area (Å²) in [6.45, 7) is 0. The molecule has 108 valence electrons. The highest BCUT2D eigenvalue weighted by molar-refractivity contribution is 6.34. The number of anilines is 1. The monoisotopic (exact) mass is 304 g/mol. The standard InChI is InChI=1S/C15H12ClNO4/c16-12-7-8(5-6-11(12)15(20)21)17-13(18)9-3-1-2-4-10(9)14(17)19/h1-2,5-7,9-10H,3-4H2,(H,20,21)/p-1/t9-,10+. The van der Waals surface area contributed by atoms with Crippen LogP contribution in [0.1, 0.15) is 23.2 Å². The second-order valence-electron chi connectivity index (χ2n) is 5.12. The SMILES string of the molecule is O=C([O-])c1ccc(N2C(=O)[C@H]3CC=CC[C@H]3C2=O)cc1Cl. The fraction of sp³-hybridized carbons (Fsp3) is 0.267. The van der Waals surface area contributed by atoms with Crippen LogP contribution in [0.5, 0.6) is 0 Å². The average Bonchev–Trinajstić information content (AvgIpc) is 2.71. The highest BCUT2D eigenvalue weighted by Crippen LogP contribution is 2.38. The number of hydrogen-bond donors (Lipinski definition) is 0. The zero-order valence-electron chi connectivity index (χ0n) is 10.9. The molecule has 0 N–H and O–H groups in total. The molecule has 1 fully saturated rings. The van der Waals surface area contributed by atoms with Crippen molar-refractivity contribution in [3.05, 3.63) is 40.9 Å². The van der Waals surface area contributed by atoms with Gasteiger partial charge >= 0.3 is 0 Å². The number of aromatic carboxylic acids is 1. The number of imide groups is 1. The molecule has 2 aliphatic rings. The van der Waals surface area contributed by atoms with Crippen LogP contribution in [0.25, 0.3) is 0 Å². The van der Waals surface area contributed by atoms with Crippen molar-refractivity contribution >= 4 is 35.1 Å². The highest BCUT2D eigenvalue weighted by atomic mass is 35.5. The van der Waals surface area contributed by atoms with Gasteiger partial charge in [-0.2, -0.15) is 0 Å². The number of benzene rings is 1. The third kappa shape index (κ3) is 2.14. The van der Waals surface area contributed by atoms with Gasteiger partial charge < -0.3 is 9.90 Å². The molecule has 0 spiro atoms. The van der Waals surface area contributed by atoms with E-state index >= 15 is 0 Å². The van der Waals surface area contributed by atoms with Gasteiger partial charge in [-0.3, -0.25) is 9.59 Å². The molecule has 2 amide bonds. The molecule has 1 aromatic carbocycles. The number of hydrogen-bond acceptors (Lipinski definition) is 4. The summed E-state index contributed by atoms with van der Waals surface area (Å²) in [6.07, 6.45) is 4.91. The van der Waals surface area contributed by atoms with E-state index < -0.39 is 5.97 Å². The Bertz CT molecular complexity index is 656. The van der Waals surface area contributed by atoms with Crippen LogP contribution in [0, 0.1) is 11.8 Å². The van der Waals surface area contributed by atoms with Crippen LogP contribution in [0.2, 0.25) is 5.02 Å². The van der Waals surface area contributed by atoms with Gasteiger partial charge in [-0.1, -0.05) is 23.8 Å². The maximum atomic E-state index is 12.4. The van der Waals surface area contributed by atoms with E-state index in [2.05, 4.69) is 0 Å². The number of carboxylic acids is 1. The van der Waals surface area contributed by atoms with Gasteiger partial charge in [0.05, 0.1) is 28.5 Å². The third-order valence-electron chi connectivity index (χ3n) is 3.94. The lowest BCUT2D eigenvalue weighted by molar-refractivity contribution is -0.255. The minimum absolute atomic E-state index is 0.0545. The van der Waals surface area contributed by atoms with Crippen molar-refractivity contribution in [2.45, 2.75) is 12.8 Å². The quantitative estimate of drug-likeness (QED) is 0.607. The molecular formula is C15H11ClNO4-. The molecule has 0 radical (unpaired) electrons. The number of nitrogens with zero attached hydrogens (tertiary/aromatic N) is 1. The molecule has 0 aromatic heterocycles. The highest BCUT2D eigenvalue weighted by Gasteiger charge is 2.47. The minimum Gasteiger partial charge on any atom is -0.545 e. The van der Waals surface area contributed by atoms with Crippen LogP contribution in [-0.2, 0) is 9.59 Å². The molecule has 3 rings (SSSR count). The molecular weight excluding hydrogens is 294 g/mol. The Hall–Kier alpha value is -2.14. The maximum absolute atomic E-state index is 12.4. The number of halogens is 1. The summed E-state index contributed by atoms with van der Waals surface area (Å²) < 4.78 is 0. The smallest absolute Gasteiger partial charge is 0.238 e. The van der Waals surface area contributed by atoms with Gasteiger partial charge in [0.25, 0.3) is 0 Å². The van der Waals surface area contributed by atoms with Crippen LogP contribution < -0.4 is 10.0 Å². The van der Waals surface area contributed by atoms with Gasteiger partial charge in [0.1, 0.15) is 0 Å². The fourth-order valence-electron chi connectivity index (χ4n) is 2.86. The van der Waals surface area contributed by atoms with Crippen molar-refractivity contribution in [1.82, 2.24) is 0 Å². The van der Waals surface area contributed by atoms with Gasteiger partial charge in [0, 0.05) is 5.56 Å². The van der Waals surface area contributed by atoms with Crippen molar-refractivity contribution < 1.29 is 19.5 Å². The Kier molecular flexibility index (Phi) is 3.29. The van der Waals surface area contributed by atoms with Crippen LogP contribution in [0.3, 0.4) is 0 Å². The lowest BCUT2D eigenvalue weighted by Crippen LogP contribution is -2.31. The van der Waals surface area contributed by atoms with Crippen molar-refractivity contribution in [2.24, 2.45) is 11.8 Å². The molecule has 21 heavy (non-hydrogen) atoms. The molecule has 1 aliphatic heterocycles. The van der Waals surface area contributed by atoms with Crippen LogP contribution in [-0.4, -0.2) is 17.8 Å². The zero-order chi connectivity index (χ0) is 15.1. The first-order valence-electron chi connectivity index (χ1n) is 6.54. The molecule has 6 heteroatoms. The molecule has 1 aromatic rings. The summed E-state index contributed by atoms with van der Waals surface area (Å²) in [4.78, 5) is 36.7. The predicted octanol–water partition coefficient (Wildman–Crippen LogP) is 1.16. The molecule has 0 unspecified atom stereocenters. The molecule has 0 bridgehead atoms. The van der Waals surface area contributed by atoms with Gasteiger partial charge in [0.2, 0.25) is 11.8 Å². The maximum Gasteiger partial charge on any atom is 0.238 e. The summed E-state index contributed by atoms with van der Waals surface area (Å²) >= 11 is 5.87. The topological polar surface area (TPSA) is 77.5 Å². The second kappa shape index (κ2) is 5.00. The number of allylic oxidation sites excluding steroid dienone is 2. The first-order valence-corrected chi connectivity index (χ1v) is 6.92. The Balaban J connectivity index is 1.98. The number of carboxylic acid groups (broad SMARTS) is 1. The normalized spacial score (nSPS) is 24.3. The van der Waals surface area contributed by atoms with E-state index in [0.717, 1.165) is 4.90 Å². The van der Waals surface area contributed by atoms with Gasteiger partial charge in [-0.15, -0.1) is 0 Å².